The van der Waals surface area contributed by atoms with Crippen LogP contribution in [0.3, 0.4) is 0 Å². The number of hydrogen-bond acceptors (Lipinski definition) is 9. The Morgan fingerprint density at radius 1 is 0.667 bits per heavy atom. The van der Waals surface area contributed by atoms with E-state index in [-0.39, 0.29) is 0 Å². The van der Waals surface area contributed by atoms with Gasteiger partial charge in [-0.15, -0.1) is 0 Å². The van der Waals surface area contributed by atoms with E-state index in [0.29, 0.717) is 0 Å². The van der Waals surface area contributed by atoms with Gasteiger partial charge in [0.05, 0.1) is 0 Å². The molecule has 15 heavy (non-hydrogen) atoms. The minimum atomic E-state index is -0.846. The zero-order valence-electron chi connectivity index (χ0n) is 7.22. The van der Waals surface area contributed by atoms with E-state index in [1.165, 1.54) is 48.7 Å². The van der Waals surface area contributed by atoms with E-state index in [1.807, 2.05) is 0 Å². The molecule has 15 heteroatoms. The van der Waals surface area contributed by atoms with E-state index < -0.39 is 47.7 Å². The van der Waals surface area contributed by atoms with Crippen molar-refractivity contribution < 1.29 is 35.5 Å². The van der Waals surface area contributed by atoms with Crippen molar-refractivity contribution in [1.82, 2.24) is 0 Å². The van der Waals surface area contributed by atoms with E-state index in [9.17, 15) is 0 Å². The van der Waals surface area contributed by atoms with E-state index in [0.717, 1.165) is 0 Å². The summed E-state index contributed by atoms with van der Waals surface area (Å²) in [6.45, 7) is 0. The van der Waals surface area contributed by atoms with Crippen LogP contribution >= 0.6 is 0 Å². The number of hydrogen-bond donors (Lipinski definition) is 2. The summed E-state index contributed by atoms with van der Waals surface area (Å²) < 4.78 is 40.9. The molecule has 2 N–H and O–H groups in total. The molecule has 0 aliphatic carbocycles. The van der Waals surface area contributed by atoms with Gasteiger partial charge in [-0.3, -0.25) is 10.5 Å². The molecule has 0 saturated carbocycles. The quantitative estimate of drug-likeness (QED) is 0.230. The van der Waals surface area contributed by atoms with Gasteiger partial charge in [0, 0.05) is 0 Å². The van der Waals surface area contributed by atoms with Gasteiger partial charge < -0.3 is 13.6 Å². The number of rotatable bonds is 6. The fraction of sp³-hybridized carbons (Fsp3) is 0. The first-order chi connectivity index (χ1) is 7.41. The van der Waals surface area contributed by atoms with E-state index >= 15 is 0 Å². The first kappa shape index (κ1) is 26.0. The first-order valence-electron chi connectivity index (χ1n) is 2.49. The van der Waals surface area contributed by atoms with Crippen LogP contribution in [0.5, 0.6) is 0 Å². The van der Waals surface area contributed by atoms with Gasteiger partial charge in [-0.2, -0.15) is 0 Å². The monoisotopic (exact) mass is 308 g/mol. The summed E-state index contributed by atoms with van der Waals surface area (Å²) >= 11 is 1.13. The zero-order chi connectivity index (χ0) is 12.9. The molecule has 0 heterocycles. The van der Waals surface area contributed by atoms with Crippen LogP contribution in [0.2, 0.25) is 0 Å². The van der Waals surface area contributed by atoms with Crippen LogP contribution in [-0.4, -0.2) is 107 Å². The van der Waals surface area contributed by atoms with E-state index in [1.54, 1.807) is 0 Å². The van der Waals surface area contributed by atoms with Crippen molar-refractivity contribution in [1.29, 1.82) is 0 Å². The summed E-state index contributed by atoms with van der Waals surface area (Å²) in [6.07, 6.45) is 0. The van der Waals surface area contributed by atoms with Crippen molar-refractivity contribution in [2.24, 2.45) is 0 Å². The predicted molar refractivity (Wildman–Crippen MR) is 46.2 cm³/mol. The van der Waals surface area contributed by atoms with Crippen molar-refractivity contribution in [3.63, 3.8) is 0 Å². The molecule has 0 aromatic carbocycles. The topological polar surface area (TPSA) is 129 Å². The predicted octanol–water partition coefficient (Wildman–Crippen LogP) is -2.90. The third-order valence-corrected chi connectivity index (χ3v) is 2.26. The van der Waals surface area contributed by atoms with Gasteiger partial charge in [0.1, 0.15) is 0 Å². The fourth-order valence-corrected chi connectivity index (χ4v) is 1.72. The molecule has 0 amide bonds. The van der Waals surface area contributed by atoms with Gasteiger partial charge >= 0.3 is 108 Å². The second kappa shape index (κ2) is 44.1. The van der Waals surface area contributed by atoms with Crippen molar-refractivity contribution in [3.8, 4) is 0 Å². The maximum atomic E-state index is 8.17. The van der Waals surface area contributed by atoms with Crippen LogP contribution in [0.4, 0.5) is 0 Å². The second-order valence-corrected chi connectivity index (χ2v) is 3.95. The Morgan fingerprint density at radius 3 is 1.13 bits per heavy atom. The molecule has 0 aromatic rings. The normalized spacial score (nSPS) is 5.80. The third-order valence-electron chi connectivity index (χ3n) is 0.308. The third kappa shape index (κ3) is 48.3. The summed E-state index contributed by atoms with van der Waals surface area (Å²) in [6, 6.07) is 0. The molecule has 0 bridgehead atoms. The Hall–Kier alpha value is 2.35. The van der Waals surface area contributed by atoms with Gasteiger partial charge in [0.15, 0.2) is 0 Å². The minimum absolute atomic E-state index is 0.678. The molecule has 74 valence electrons. The van der Waals surface area contributed by atoms with Crippen molar-refractivity contribution in [2.75, 3.05) is 0 Å². The summed E-state index contributed by atoms with van der Waals surface area (Å²) in [5.74, 6) is 0. The van der Waals surface area contributed by atoms with Crippen LogP contribution in [0.15, 0.2) is 0 Å². The SMILES string of the molecule is O[O][Al][O][Al][O][Al][O]O.[O]=[Al].[O]=[Al].[O]=[Al]. The van der Waals surface area contributed by atoms with Crippen LogP contribution < -0.4 is 0 Å². The van der Waals surface area contributed by atoms with Crippen LogP contribution in [0.25, 0.3) is 0 Å². The Morgan fingerprint density at radius 2 is 0.933 bits per heavy atom. The molecule has 0 saturated heterocycles. The summed E-state index contributed by atoms with van der Waals surface area (Å²) in [7, 11) is 0. The molecule has 0 aliphatic rings. The van der Waals surface area contributed by atoms with Gasteiger partial charge in [-0.1, -0.05) is 0 Å². The molecular formula is H2Al6O9. The Balaban J connectivity index is -0.0000000860. The average molecular weight is 308 g/mol. The summed E-state index contributed by atoms with van der Waals surface area (Å²) in [4.78, 5) is 0. The van der Waals surface area contributed by atoms with Gasteiger partial charge in [-0.05, 0) is 0 Å². The van der Waals surface area contributed by atoms with Crippen molar-refractivity contribution in [2.45, 2.75) is 0 Å². The van der Waals surface area contributed by atoms with Crippen LogP contribution in [-0.2, 0) is 25.0 Å². The molecule has 0 rings (SSSR count). The molecule has 0 atom stereocenters. The van der Waals surface area contributed by atoms with Crippen molar-refractivity contribution >= 4 is 96.3 Å². The summed E-state index contributed by atoms with van der Waals surface area (Å²) in [5, 5.41) is 15.4. The fourth-order valence-electron chi connectivity index (χ4n) is 0.127. The first-order valence-corrected chi connectivity index (χ1v) is 6.73. The molecular weight excluding hydrogens is 306 g/mol. The molecule has 0 spiro atoms. The van der Waals surface area contributed by atoms with Gasteiger partial charge in [-0.25, -0.2) is 0 Å². The molecule has 9 nitrogen and oxygen atoms in total. The second-order valence-electron chi connectivity index (χ2n) is 0.772. The van der Waals surface area contributed by atoms with E-state index in [4.69, 9.17) is 21.9 Å². The molecule has 0 fully saturated rings. The zero-order valence-corrected chi connectivity index (χ0v) is 14.1. The molecule has 6 radical (unpaired) electrons. The van der Waals surface area contributed by atoms with Gasteiger partial charge in [0.2, 0.25) is 0 Å². The van der Waals surface area contributed by atoms with Crippen LogP contribution in [0, 0.1) is 0 Å². The molecule has 0 aromatic heterocycles. The maximum absolute atomic E-state index is 8.17. The van der Waals surface area contributed by atoms with E-state index in [2.05, 4.69) is 13.6 Å². The summed E-state index contributed by atoms with van der Waals surface area (Å²) in [5.41, 5.74) is 0. The molecule has 0 unspecified atom stereocenters. The standard InChI is InChI=1S/6Al.2H2O2.5O/c;;;;;;2*1-2;;;;;/h;;;;;;2*1-2H;;;;;/q;;;;2*+1;;;;;;;/p-2. The van der Waals surface area contributed by atoms with Gasteiger partial charge in [0.25, 0.3) is 0 Å². The van der Waals surface area contributed by atoms with Crippen molar-refractivity contribution in [3.05, 3.63) is 0 Å². The Kier molecular flexibility index (Phi) is 76.5. The molecule has 0 aliphatic heterocycles. The Bertz CT molecular complexity index is 70.2. The van der Waals surface area contributed by atoms with Crippen LogP contribution in [0.1, 0.15) is 0 Å². The average Bonchev–Trinajstić information content (AvgIpc) is 2.37. The Labute approximate surface area is 130 Å².